The van der Waals surface area contributed by atoms with Crippen molar-refractivity contribution in [3.8, 4) is 0 Å². The number of nitrogens with zero attached hydrogens (tertiary/aromatic N) is 1. The summed E-state index contributed by atoms with van der Waals surface area (Å²) in [5.41, 5.74) is 3.78. The molecular weight excluding hydrogens is 284 g/mol. The van der Waals surface area contributed by atoms with Gasteiger partial charge in [0.25, 0.3) is 0 Å². The van der Waals surface area contributed by atoms with Gasteiger partial charge in [-0.3, -0.25) is 0 Å². The quantitative estimate of drug-likeness (QED) is 0.667. The summed E-state index contributed by atoms with van der Waals surface area (Å²) in [6, 6.07) is 15.3. The summed E-state index contributed by atoms with van der Waals surface area (Å²) < 4.78 is 2.37. The molecule has 1 heterocycles. The Morgan fingerprint density at radius 2 is 1.83 bits per heavy atom. The van der Waals surface area contributed by atoms with Crippen LogP contribution in [0, 0.1) is 5.92 Å². The number of benzene rings is 2. The maximum absolute atomic E-state index is 8.97. The molecule has 23 heavy (non-hydrogen) atoms. The number of aromatic nitrogens is 1. The van der Waals surface area contributed by atoms with E-state index in [2.05, 4.69) is 66.2 Å². The number of rotatable bonds is 7. The summed E-state index contributed by atoms with van der Waals surface area (Å²) in [6.07, 6.45) is 1.96. The highest BCUT2D eigenvalue weighted by atomic mass is 16.3. The molecule has 3 rings (SSSR count). The second-order valence-corrected chi connectivity index (χ2v) is 6.33. The molecule has 0 spiro atoms. The van der Waals surface area contributed by atoms with Crippen LogP contribution in [0.3, 0.4) is 0 Å². The number of nitrogens with one attached hydrogen (secondary N) is 1. The average Bonchev–Trinajstić information content (AvgIpc) is 2.88. The van der Waals surface area contributed by atoms with Gasteiger partial charge < -0.3 is 15.0 Å². The van der Waals surface area contributed by atoms with E-state index in [1.807, 2.05) is 0 Å². The zero-order chi connectivity index (χ0) is 16.2. The Labute approximate surface area is 137 Å². The van der Waals surface area contributed by atoms with Crippen LogP contribution in [-0.4, -0.2) is 22.8 Å². The predicted octanol–water partition coefficient (Wildman–Crippen LogP) is 4.63. The first-order valence-electron chi connectivity index (χ1n) is 8.60. The van der Waals surface area contributed by atoms with Crippen molar-refractivity contribution in [2.75, 3.05) is 18.5 Å². The molecule has 0 amide bonds. The topological polar surface area (TPSA) is 37.2 Å². The maximum atomic E-state index is 8.97. The van der Waals surface area contributed by atoms with Gasteiger partial charge in [0.2, 0.25) is 0 Å². The van der Waals surface area contributed by atoms with Crippen LogP contribution in [-0.2, 0) is 6.54 Å². The van der Waals surface area contributed by atoms with Gasteiger partial charge in [-0.1, -0.05) is 25.1 Å². The number of aryl methyl sites for hydroxylation is 1. The van der Waals surface area contributed by atoms with Gasteiger partial charge in [0.1, 0.15) is 0 Å². The van der Waals surface area contributed by atoms with Gasteiger partial charge in [0.15, 0.2) is 0 Å². The largest absolute Gasteiger partial charge is 0.396 e. The van der Waals surface area contributed by atoms with Crippen molar-refractivity contribution in [3.63, 3.8) is 0 Å². The minimum absolute atomic E-state index is 0.281. The fourth-order valence-corrected chi connectivity index (χ4v) is 3.33. The third-order valence-corrected chi connectivity index (χ3v) is 4.68. The Kier molecular flexibility index (Phi) is 4.87. The number of hydrogen-bond donors (Lipinski definition) is 2. The Balaban J connectivity index is 1.86. The molecule has 1 atom stereocenters. The molecule has 0 aliphatic heterocycles. The van der Waals surface area contributed by atoms with Gasteiger partial charge in [-0.05, 0) is 49.9 Å². The summed E-state index contributed by atoms with van der Waals surface area (Å²) in [5.74, 6) is 0.554. The normalized spacial score (nSPS) is 12.8. The van der Waals surface area contributed by atoms with Crippen LogP contribution in [0.4, 0.5) is 5.69 Å². The second-order valence-electron chi connectivity index (χ2n) is 6.33. The number of anilines is 1. The molecule has 0 saturated heterocycles. The lowest BCUT2D eigenvalue weighted by molar-refractivity contribution is 0.260. The smallest absolute Gasteiger partial charge is 0.0492 e. The zero-order valence-corrected chi connectivity index (χ0v) is 14.0. The fourth-order valence-electron chi connectivity index (χ4n) is 3.33. The standard InChI is InChI=1S/C20H26N2O/c1-3-22-19-7-5-4-6-17(19)18-14-16(8-9-20(18)22)21-12-10-15(2)11-13-23/h4-9,14-15,21,23H,3,10-13H2,1-2H3. The molecule has 2 N–H and O–H groups in total. The van der Waals surface area contributed by atoms with Crippen molar-refractivity contribution >= 4 is 27.5 Å². The molecule has 1 unspecified atom stereocenters. The number of aliphatic hydroxyl groups is 1. The van der Waals surface area contributed by atoms with Crippen LogP contribution in [0.1, 0.15) is 26.7 Å². The lowest BCUT2D eigenvalue weighted by Crippen LogP contribution is -2.07. The lowest BCUT2D eigenvalue weighted by Gasteiger charge is -2.11. The molecular formula is C20H26N2O. The van der Waals surface area contributed by atoms with Crippen molar-refractivity contribution in [1.29, 1.82) is 0 Å². The van der Waals surface area contributed by atoms with E-state index in [4.69, 9.17) is 5.11 Å². The van der Waals surface area contributed by atoms with E-state index in [1.54, 1.807) is 0 Å². The van der Waals surface area contributed by atoms with E-state index in [9.17, 15) is 0 Å². The van der Waals surface area contributed by atoms with Crippen molar-refractivity contribution in [1.82, 2.24) is 4.57 Å². The molecule has 0 radical (unpaired) electrons. The number of fused-ring (bicyclic) bond motifs is 3. The van der Waals surface area contributed by atoms with Crippen molar-refractivity contribution in [2.24, 2.45) is 5.92 Å². The molecule has 3 aromatic rings. The number of aliphatic hydroxyl groups excluding tert-OH is 1. The van der Waals surface area contributed by atoms with Crippen LogP contribution in [0.5, 0.6) is 0 Å². The lowest BCUT2D eigenvalue weighted by atomic mass is 10.0. The second kappa shape index (κ2) is 7.05. The van der Waals surface area contributed by atoms with Crippen molar-refractivity contribution in [3.05, 3.63) is 42.5 Å². The minimum atomic E-state index is 0.281. The first-order valence-corrected chi connectivity index (χ1v) is 8.60. The highest BCUT2D eigenvalue weighted by molar-refractivity contribution is 6.09. The third-order valence-electron chi connectivity index (χ3n) is 4.68. The molecule has 0 bridgehead atoms. The first kappa shape index (κ1) is 15.9. The van der Waals surface area contributed by atoms with E-state index in [0.29, 0.717) is 5.92 Å². The van der Waals surface area contributed by atoms with Gasteiger partial charge in [0.05, 0.1) is 0 Å². The molecule has 0 saturated carbocycles. The Morgan fingerprint density at radius 1 is 1.04 bits per heavy atom. The molecule has 3 heteroatoms. The maximum Gasteiger partial charge on any atom is 0.0492 e. The summed E-state index contributed by atoms with van der Waals surface area (Å²) in [7, 11) is 0. The van der Waals surface area contributed by atoms with Gasteiger partial charge in [-0.2, -0.15) is 0 Å². The van der Waals surface area contributed by atoms with E-state index >= 15 is 0 Å². The molecule has 1 aromatic heterocycles. The summed E-state index contributed by atoms with van der Waals surface area (Å²) in [4.78, 5) is 0. The molecule has 122 valence electrons. The molecule has 0 fully saturated rings. The first-order chi connectivity index (χ1) is 11.2. The molecule has 3 nitrogen and oxygen atoms in total. The van der Waals surface area contributed by atoms with Crippen molar-refractivity contribution in [2.45, 2.75) is 33.2 Å². The fraction of sp³-hybridized carbons (Fsp3) is 0.400. The van der Waals surface area contributed by atoms with Crippen molar-refractivity contribution < 1.29 is 5.11 Å². The highest BCUT2D eigenvalue weighted by Crippen LogP contribution is 2.30. The van der Waals surface area contributed by atoms with Crippen LogP contribution >= 0.6 is 0 Å². The van der Waals surface area contributed by atoms with Crippen LogP contribution in [0.15, 0.2) is 42.5 Å². The Morgan fingerprint density at radius 3 is 2.61 bits per heavy atom. The molecule has 0 aliphatic rings. The summed E-state index contributed by atoms with van der Waals surface area (Å²) in [5, 5.41) is 15.1. The predicted molar refractivity (Wildman–Crippen MR) is 99.1 cm³/mol. The van der Waals surface area contributed by atoms with Crippen LogP contribution in [0.2, 0.25) is 0 Å². The zero-order valence-electron chi connectivity index (χ0n) is 14.0. The third kappa shape index (κ3) is 3.20. The van der Waals surface area contributed by atoms with E-state index in [1.165, 1.54) is 27.5 Å². The Bertz CT molecular complexity index is 791. The van der Waals surface area contributed by atoms with Crippen LogP contribution in [0.25, 0.3) is 21.8 Å². The summed E-state index contributed by atoms with van der Waals surface area (Å²) >= 11 is 0. The Hall–Kier alpha value is -2.00. The average molecular weight is 310 g/mol. The van der Waals surface area contributed by atoms with Gasteiger partial charge in [-0.25, -0.2) is 0 Å². The summed E-state index contributed by atoms with van der Waals surface area (Å²) in [6.45, 7) is 6.59. The number of hydrogen-bond acceptors (Lipinski definition) is 2. The van der Waals surface area contributed by atoms with E-state index in [0.717, 1.165) is 25.9 Å². The molecule has 0 aliphatic carbocycles. The number of para-hydroxylation sites is 1. The van der Waals surface area contributed by atoms with Gasteiger partial charge in [-0.15, -0.1) is 0 Å². The minimum Gasteiger partial charge on any atom is -0.396 e. The highest BCUT2D eigenvalue weighted by Gasteiger charge is 2.09. The van der Waals surface area contributed by atoms with Crippen LogP contribution < -0.4 is 5.32 Å². The van der Waals surface area contributed by atoms with Gasteiger partial charge >= 0.3 is 0 Å². The van der Waals surface area contributed by atoms with Gasteiger partial charge in [0, 0.05) is 47.2 Å². The van der Waals surface area contributed by atoms with E-state index in [-0.39, 0.29) is 6.61 Å². The monoisotopic (exact) mass is 310 g/mol. The van der Waals surface area contributed by atoms with E-state index < -0.39 is 0 Å². The molecule has 2 aromatic carbocycles. The SMILES string of the molecule is CCn1c2ccccc2c2cc(NCCC(C)CCO)ccc21.